The van der Waals surface area contributed by atoms with Crippen LogP contribution in [-0.4, -0.2) is 56.0 Å². The second-order valence-electron chi connectivity index (χ2n) is 6.04. The Kier molecular flexibility index (Phi) is 9.26. The minimum absolute atomic E-state index is 0. The first-order valence-corrected chi connectivity index (χ1v) is 8.23. The third kappa shape index (κ3) is 7.72. The average Bonchev–Trinajstić information content (AvgIpc) is 2.59. The Balaban J connectivity index is 0.00000312. The number of benzene rings is 1. The first-order valence-electron chi connectivity index (χ1n) is 8.23. The van der Waals surface area contributed by atoms with E-state index in [4.69, 9.17) is 10.5 Å². The third-order valence-corrected chi connectivity index (χ3v) is 4.08. The molecule has 0 aliphatic carbocycles. The van der Waals surface area contributed by atoms with Crippen LogP contribution in [0.5, 0.6) is 5.75 Å². The lowest BCUT2D eigenvalue weighted by Gasteiger charge is -2.31. The Morgan fingerprint density at radius 2 is 2.04 bits per heavy atom. The molecule has 1 aromatic carbocycles. The van der Waals surface area contributed by atoms with E-state index in [2.05, 4.69) is 15.5 Å². The molecular formula is C17H27ClN4O3. The van der Waals surface area contributed by atoms with Crippen molar-refractivity contribution in [2.75, 3.05) is 33.3 Å². The van der Waals surface area contributed by atoms with Crippen molar-refractivity contribution in [2.24, 2.45) is 5.73 Å². The number of carbonyl (C=O) groups excluding carboxylic acids is 2. The Morgan fingerprint density at radius 3 is 2.68 bits per heavy atom. The van der Waals surface area contributed by atoms with Gasteiger partial charge in [-0.3, -0.25) is 14.5 Å². The number of hydrogen-bond acceptors (Lipinski definition) is 5. The van der Waals surface area contributed by atoms with Crippen LogP contribution in [0.1, 0.15) is 18.4 Å². The first kappa shape index (κ1) is 21.2. The van der Waals surface area contributed by atoms with Crippen molar-refractivity contribution < 1.29 is 14.3 Å². The van der Waals surface area contributed by atoms with E-state index in [1.807, 2.05) is 19.2 Å². The van der Waals surface area contributed by atoms with E-state index in [0.29, 0.717) is 24.9 Å². The molecule has 0 bridgehead atoms. The molecule has 140 valence electrons. The number of amides is 2. The van der Waals surface area contributed by atoms with E-state index in [1.54, 1.807) is 12.1 Å². The number of primary amides is 1. The van der Waals surface area contributed by atoms with Gasteiger partial charge in [0.05, 0.1) is 6.54 Å². The summed E-state index contributed by atoms with van der Waals surface area (Å²) in [5.41, 5.74) is 6.00. The largest absolute Gasteiger partial charge is 0.484 e. The molecule has 7 nitrogen and oxygen atoms in total. The highest BCUT2D eigenvalue weighted by molar-refractivity contribution is 5.85. The van der Waals surface area contributed by atoms with Crippen molar-refractivity contribution in [1.29, 1.82) is 0 Å². The van der Waals surface area contributed by atoms with Gasteiger partial charge in [-0.2, -0.15) is 0 Å². The van der Waals surface area contributed by atoms with Gasteiger partial charge in [-0.05, 0) is 44.1 Å². The first-order chi connectivity index (χ1) is 11.6. The summed E-state index contributed by atoms with van der Waals surface area (Å²) in [6, 6.07) is 7.70. The van der Waals surface area contributed by atoms with Crippen LogP contribution < -0.4 is 21.1 Å². The normalized spacial score (nSPS) is 17.4. The maximum Gasteiger partial charge on any atom is 0.255 e. The Bertz CT molecular complexity index is 553. The van der Waals surface area contributed by atoms with Crippen LogP contribution in [-0.2, 0) is 16.1 Å². The average molecular weight is 371 g/mol. The number of carbonyl (C=O) groups is 2. The van der Waals surface area contributed by atoms with Crippen molar-refractivity contribution in [3.8, 4) is 5.75 Å². The number of nitrogens with one attached hydrogen (secondary N) is 2. The Hall–Kier alpha value is -1.83. The molecule has 1 heterocycles. The van der Waals surface area contributed by atoms with Gasteiger partial charge in [0.1, 0.15) is 5.75 Å². The molecule has 1 atom stereocenters. The molecule has 1 aliphatic heterocycles. The van der Waals surface area contributed by atoms with E-state index >= 15 is 0 Å². The number of nitrogens with zero attached hydrogens (tertiary/aromatic N) is 1. The summed E-state index contributed by atoms with van der Waals surface area (Å²) < 4.78 is 5.19. The highest BCUT2D eigenvalue weighted by atomic mass is 35.5. The van der Waals surface area contributed by atoms with Crippen molar-refractivity contribution in [3.63, 3.8) is 0 Å². The number of rotatable bonds is 8. The zero-order valence-electron chi connectivity index (χ0n) is 14.5. The van der Waals surface area contributed by atoms with Crippen LogP contribution in [0.2, 0.25) is 0 Å². The number of nitrogens with two attached hydrogens (primary N) is 1. The van der Waals surface area contributed by atoms with Gasteiger partial charge in [0.15, 0.2) is 6.61 Å². The maximum absolute atomic E-state index is 12.1. The van der Waals surface area contributed by atoms with Crippen LogP contribution in [0.4, 0.5) is 0 Å². The zero-order valence-corrected chi connectivity index (χ0v) is 15.3. The second-order valence-corrected chi connectivity index (χ2v) is 6.04. The van der Waals surface area contributed by atoms with Crippen molar-refractivity contribution in [2.45, 2.75) is 25.4 Å². The van der Waals surface area contributed by atoms with Gasteiger partial charge in [-0.25, -0.2) is 0 Å². The van der Waals surface area contributed by atoms with E-state index in [0.717, 1.165) is 25.1 Å². The topological polar surface area (TPSA) is 96.7 Å². The molecule has 0 spiro atoms. The van der Waals surface area contributed by atoms with Crippen LogP contribution in [0.15, 0.2) is 24.3 Å². The number of halogens is 1. The minimum Gasteiger partial charge on any atom is -0.484 e. The summed E-state index contributed by atoms with van der Waals surface area (Å²) in [6.07, 6.45) is 2.28. The Labute approximate surface area is 154 Å². The lowest BCUT2D eigenvalue weighted by molar-refractivity contribution is -0.122. The van der Waals surface area contributed by atoms with Gasteiger partial charge >= 0.3 is 0 Å². The van der Waals surface area contributed by atoms with E-state index < -0.39 is 5.91 Å². The fourth-order valence-electron chi connectivity index (χ4n) is 2.75. The molecule has 1 unspecified atom stereocenters. The van der Waals surface area contributed by atoms with Crippen LogP contribution in [0, 0.1) is 0 Å². The molecule has 1 fully saturated rings. The quantitative estimate of drug-likeness (QED) is 0.610. The molecule has 1 saturated heterocycles. The standard InChI is InChI=1S/C17H26N4O3.ClH/c1-19-14-3-2-8-21(10-14)11-17(23)20-9-13-4-6-15(7-5-13)24-12-16(18)22;/h4-7,14,19H,2-3,8-12H2,1H3,(H2,18,22)(H,20,23);1H. The number of likely N-dealkylation sites (N-methyl/N-ethyl adjacent to an activating group) is 1. The van der Waals surface area contributed by atoms with E-state index in [9.17, 15) is 9.59 Å². The molecule has 8 heteroatoms. The summed E-state index contributed by atoms with van der Waals surface area (Å²) >= 11 is 0. The smallest absolute Gasteiger partial charge is 0.255 e. The van der Waals surface area contributed by atoms with E-state index in [1.165, 1.54) is 6.42 Å². The van der Waals surface area contributed by atoms with Gasteiger partial charge in [0, 0.05) is 19.1 Å². The molecule has 0 aromatic heterocycles. The third-order valence-electron chi connectivity index (χ3n) is 4.08. The molecule has 0 radical (unpaired) electrons. The predicted octanol–water partition coefficient (Wildman–Crippen LogP) is 0.273. The summed E-state index contributed by atoms with van der Waals surface area (Å²) in [5, 5.41) is 6.21. The maximum atomic E-state index is 12.1. The summed E-state index contributed by atoms with van der Waals surface area (Å²) in [5.74, 6) is 0.0978. The highest BCUT2D eigenvalue weighted by Crippen LogP contribution is 2.12. The van der Waals surface area contributed by atoms with Crippen molar-refractivity contribution in [3.05, 3.63) is 29.8 Å². The zero-order chi connectivity index (χ0) is 17.4. The summed E-state index contributed by atoms with van der Waals surface area (Å²) in [4.78, 5) is 24.9. The van der Waals surface area contributed by atoms with Gasteiger partial charge < -0.3 is 21.1 Å². The van der Waals surface area contributed by atoms with Crippen LogP contribution in [0.3, 0.4) is 0 Å². The predicted molar refractivity (Wildman–Crippen MR) is 98.7 cm³/mol. The lowest BCUT2D eigenvalue weighted by atomic mass is 10.1. The van der Waals surface area contributed by atoms with Crippen LogP contribution >= 0.6 is 12.4 Å². The molecule has 25 heavy (non-hydrogen) atoms. The molecule has 2 rings (SSSR count). The molecule has 1 aliphatic rings. The highest BCUT2D eigenvalue weighted by Gasteiger charge is 2.20. The molecule has 4 N–H and O–H groups in total. The molecular weight excluding hydrogens is 344 g/mol. The fourth-order valence-corrected chi connectivity index (χ4v) is 2.75. The van der Waals surface area contributed by atoms with E-state index in [-0.39, 0.29) is 24.9 Å². The number of likely N-dealkylation sites (tertiary alicyclic amines) is 1. The number of piperidine rings is 1. The molecule has 1 aromatic rings. The Morgan fingerprint density at radius 1 is 1.32 bits per heavy atom. The summed E-state index contributed by atoms with van der Waals surface area (Å²) in [6.45, 7) is 2.64. The minimum atomic E-state index is -0.510. The molecule has 0 saturated carbocycles. The SMILES string of the molecule is CNC1CCCN(CC(=O)NCc2ccc(OCC(N)=O)cc2)C1.Cl. The number of ether oxygens (including phenoxy) is 1. The van der Waals surface area contributed by atoms with Crippen molar-refractivity contribution in [1.82, 2.24) is 15.5 Å². The monoisotopic (exact) mass is 370 g/mol. The van der Waals surface area contributed by atoms with Gasteiger partial charge in [0.2, 0.25) is 5.91 Å². The fraction of sp³-hybridized carbons (Fsp3) is 0.529. The van der Waals surface area contributed by atoms with Crippen LogP contribution in [0.25, 0.3) is 0 Å². The van der Waals surface area contributed by atoms with Gasteiger partial charge in [0.25, 0.3) is 5.91 Å². The van der Waals surface area contributed by atoms with Gasteiger partial charge in [-0.1, -0.05) is 12.1 Å². The van der Waals surface area contributed by atoms with Crippen molar-refractivity contribution >= 4 is 24.2 Å². The molecule has 2 amide bonds. The second kappa shape index (κ2) is 10.9. The summed E-state index contributed by atoms with van der Waals surface area (Å²) in [7, 11) is 1.96. The number of hydrogen-bond donors (Lipinski definition) is 3. The lowest BCUT2D eigenvalue weighted by Crippen LogP contribution is -2.47. The van der Waals surface area contributed by atoms with Gasteiger partial charge in [-0.15, -0.1) is 12.4 Å².